The normalized spacial score (nSPS) is 18.8. The van der Waals surface area contributed by atoms with Crippen LogP contribution in [0.1, 0.15) is 56.7 Å². The molecule has 170 valence electrons. The van der Waals surface area contributed by atoms with E-state index in [9.17, 15) is 22.8 Å². The van der Waals surface area contributed by atoms with Gasteiger partial charge in [-0.15, -0.1) is 0 Å². The van der Waals surface area contributed by atoms with Gasteiger partial charge in [-0.05, 0) is 53.5 Å². The maximum atomic E-state index is 12.4. The van der Waals surface area contributed by atoms with Gasteiger partial charge in [0.25, 0.3) is 0 Å². The van der Waals surface area contributed by atoms with E-state index in [0.717, 1.165) is 12.0 Å². The molecule has 2 N–H and O–H groups in total. The van der Waals surface area contributed by atoms with Crippen LogP contribution in [0.3, 0.4) is 0 Å². The fourth-order valence-electron chi connectivity index (χ4n) is 3.37. The average molecular weight is 445 g/mol. The smallest absolute Gasteiger partial charge is 0.318 e. The van der Waals surface area contributed by atoms with Gasteiger partial charge in [-0.3, -0.25) is 9.59 Å². The summed E-state index contributed by atoms with van der Waals surface area (Å²) in [6, 6.07) is 14.1. The number of amides is 2. The first-order valence-electron chi connectivity index (χ1n) is 10.3. The lowest BCUT2D eigenvalue weighted by Gasteiger charge is -2.19. The Kier molecular flexibility index (Phi) is 6.44. The molecule has 0 saturated heterocycles. The van der Waals surface area contributed by atoms with Crippen molar-refractivity contribution in [3.05, 3.63) is 65.2 Å². The third-order valence-electron chi connectivity index (χ3n) is 5.48. The van der Waals surface area contributed by atoms with Crippen molar-refractivity contribution >= 4 is 23.2 Å². The molecule has 1 aliphatic carbocycles. The van der Waals surface area contributed by atoms with Crippen LogP contribution in [0, 0.1) is 5.92 Å². The minimum absolute atomic E-state index is 0.0196. The number of alkyl halides is 3. The van der Waals surface area contributed by atoms with Gasteiger partial charge in [0.1, 0.15) is 0 Å². The Balaban J connectivity index is 1.55. The van der Waals surface area contributed by atoms with E-state index in [1.165, 1.54) is 29.8 Å². The first-order valence-corrected chi connectivity index (χ1v) is 10.3. The summed E-state index contributed by atoms with van der Waals surface area (Å²) in [6.45, 7) is 8.14. The zero-order valence-electron chi connectivity index (χ0n) is 18.4. The summed E-state index contributed by atoms with van der Waals surface area (Å²) >= 11 is 0. The topological polar surface area (TPSA) is 70.6 Å². The van der Waals surface area contributed by atoms with E-state index >= 15 is 0 Å². The Morgan fingerprint density at radius 2 is 1.56 bits per heavy atom. The fourth-order valence-corrected chi connectivity index (χ4v) is 3.37. The number of hydrogen-bond donors (Lipinski definition) is 2. The van der Waals surface area contributed by atoms with E-state index in [4.69, 9.17) is 0 Å². The summed E-state index contributed by atoms with van der Waals surface area (Å²) in [5.74, 6) is -2.15. The number of carbonyl (C=O) groups is 2. The second-order valence-corrected chi connectivity index (χ2v) is 9.02. The van der Waals surface area contributed by atoms with Crippen molar-refractivity contribution in [3.63, 3.8) is 0 Å². The van der Waals surface area contributed by atoms with Crippen molar-refractivity contribution < 1.29 is 22.8 Å². The number of carbonyl (C=O) groups excluding carboxylic acids is 2. The molecule has 2 aromatic rings. The SMILES string of the molecule is C/C(=N\NC(=O)C1CC1c1ccc(C(C)(C)C)cc1)c1ccc(NC(=O)C(F)(F)F)cc1. The van der Waals surface area contributed by atoms with Crippen molar-refractivity contribution in [2.24, 2.45) is 11.0 Å². The van der Waals surface area contributed by atoms with Crippen molar-refractivity contribution in [1.29, 1.82) is 0 Å². The van der Waals surface area contributed by atoms with E-state index < -0.39 is 12.1 Å². The number of rotatable bonds is 5. The highest BCUT2D eigenvalue weighted by atomic mass is 19.4. The van der Waals surface area contributed by atoms with E-state index in [1.54, 1.807) is 12.2 Å². The molecule has 2 atom stereocenters. The minimum Gasteiger partial charge on any atom is -0.318 e. The van der Waals surface area contributed by atoms with E-state index in [1.807, 2.05) is 0 Å². The summed E-state index contributed by atoms with van der Waals surface area (Å²) in [6.07, 6.45) is -4.18. The van der Waals surface area contributed by atoms with Crippen LogP contribution in [0.25, 0.3) is 0 Å². The van der Waals surface area contributed by atoms with Crippen molar-refractivity contribution in [2.75, 3.05) is 5.32 Å². The van der Waals surface area contributed by atoms with Gasteiger partial charge in [0, 0.05) is 11.6 Å². The zero-order chi connectivity index (χ0) is 23.7. The Morgan fingerprint density at radius 3 is 2.09 bits per heavy atom. The van der Waals surface area contributed by atoms with Gasteiger partial charge in [0.2, 0.25) is 5.91 Å². The highest BCUT2D eigenvalue weighted by Crippen LogP contribution is 2.47. The van der Waals surface area contributed by atoms with E-state index in [2.05, 4.69) is 55.6 Å². The van der Waals surface area contributed by atoms with Crippen LogP contribution >= 0.6 is 0 Å². The number of hydrazone groups is 1. The number of anilines is 1. The minimum atomic E-state index is -4.95. The lowest BCUT2D eigenvalue weighted by Crippen LogP contribution is -2.29. The van der Waals surface area contributed by atoms with Gasteiger partial charge in [0.15, 0.2) is 0 Å². The van der Waals surface area contributed by atoms with Crippen molar-refractivity contribution in [1.82, 2.24) is 5.43 Å². The summed E-state index contributed by atoms with van der Waals surface area (Å²) in [7, 11) is 0. The molecule has 2 aromatic carbocycles. The molecule has 1 aliphatic rings. The molecule has 8 heteroatoms. The molecule has 1 saturated carbocycles. The molecule has 0 aliphatic heterocycles. The van der Waals surface area contributed by atoms with Crippen LogP contribution in [0.4, 0.5) is 18.9 Å². The molecule has 0 heterocycles. The average Bonchev–Trinajstić information content (AvgIpc) is 3.52. The van der Waals surface area contributed by atoms with E-state index in [0.29, 0.717) is 11.3 Å². The third kappa shape index (κ3) is 5.75. The highest BCUT2D eigenvalue weighted by Gasteiger charge is 2.44. The Hall–Kier alpha value is -3.16. The maximum absolute atomic E-state index is 12.4. The molecule has 2 amide bonds. The quantitative estimate of drug-likeness (QED) is 0.495. The van der Waals surface area contributed by atoms with Crippen LogP contribution < -0.4 is 10.7 Å². The summed E-state index contributed by atoms with van der Waals surface area (Å²) in [5.41, 5.74) is 6.16. The Morgan fingerprint density at radius 1 is 0.969 bits per heavy atom. The Bertz CT molecular complexity index is 1020. The molecule has 5 nitrogen and oxygen atoms in total. The largest absolute Gasteiger partial charge is 0.471 e. The lowest BCUT2D eigenvalue weighted by atomic mass is 9.86. The second kappa shape index (κ2) is 8.76. The molecule has 0 aromatic heterocycles. The molecule has 3 rings (SSSR count). The monoisotopic (exact) mass is 445 g/mol. The first-order chi connectivity index (χ1) is 14.9. The highest BCUT2D eigenvalue weighted by molar-refractivity contribution is 6.00. The molecule has 32 heavy (non-hydrogen) atoms. The molecule has 1 fully saturated rings. The van der Waals surface area contributed by atoms with Gasteiger partial charge in [-0.1, -0.05) is 57.2 Å². The van der Waals surface area contributed by atoms with Gasteiger partial charge < -0.3 is 5.32 Å². The molecular formula is C24H26F3N3O2. The summed E-state index contributed by atoms with van der Waals surface area (Å²) < 4.78 is 37.0. The Labute approximate surface area is 185 Å². The predicted octanol–water partition coefficient (Wildman–Crippen LogP) is 5.13. The molecule has 0 spiro atoms. The van der Waals surface area contributed by atoms with Crippen molar-refractivity contribution in [2.45, 2.75) is 51.6 Å². The first kappa shape index (κ1) is 23.5. The van der Waals surface area contributed by atoms with Crippen LogP contribution in [-0.4, -0.2) is 23.7 Å². The number of benzene rings is 2. The van der Waals surface area contributed by atoms with Crippen LogP contribution in [0.2, 0.25) is 0 Å². The van der Waals surface area contributed by atoms with Crippen molar-refractivity contribution in [3.8, 4) is 0 Å². The van der Waals surface area contributed by atoms with Gasteiger partial charge >= 0.3 is 12.1 Å². The zero-order valence-corrected chi connectivity index (χ0v) is 18.4. The second-order valence-electron chi connectivity index (χ2n) is 9.02. The fraction of sp³-hybridized carbons (Fsp3) is 0.375. The molecule has 0 radical (unpaired) electrons. The standard InChI is InChI=1S/C24H26F3N3O2/c1-14(15-7-11-18(12-8-15)28-22(32)24(25,26)27)29-30-21(31)20-13-19(20)16-5-9-17(10-6-16)23(2,3)4/h5-12,19-20H,13H2,1-4H3,(H,28,32)(H,30,31)/b29-14+. The van der Waals surface area contributed by atoms with Gasteiger partial charge in [-0.25, -0.2) is 5.43 Å². The maximum Gasteiger partial charge on any atom is 0.471 e. The van der Waals surface area contributed by atoms with Gasteiger partial charge in [-0.2, -0.15) is 18.3 Å². The van der Waals surface area contributed by atoms with Crippen LogP contribution in [0.15, 0.2) is 53.6 Å². The number of halogens is 3. The van der Waals surface area contributed by atoms with E-state index in [-0.39, 0.29) is 28.8 Å². The summed E-state index contributed by atoms with van der Waals surface area (Å²) in [4.78, 5) is 23.4. The predicted molar refractivity (Wildman–Crippen MR) is 117 cm³/mol. The number of nitrogens with one attached hydrogen (secondary N) is 2. The van der Waals surface area contributed by atoms with Crippen LogP contribution in [0.5, 0.6) is 0 Å². The lowest BCUT2D eigenvalue weighted by molar-refractivity contribution is -0.167. The molecule has 2 unspecified atom stereocenters. The number of hydrogen-bond acceptors (Lipinski definition) is 3. The van der Waals surface area contributed by atoms with Gasteiger partial charge in [0.05, 0.1) is 5.71 Å². The summed E-state index contributed by atoms with van der Waals surface area (Å²) in [5, 5.41) is 5.89. The molecule has 0 bridgehead atoms. The third-order valence-corrected chi connectivity index (χ3v) is 5.48. The van der Waals surface area contributed by atoms with Crippen LogP contribution in [-0.2, 0) is 15.0 Å². The number of nitrogens with zero attached hydrogens (tertiary/aromatic N) is 1. The molecular weight excluding hydrogens is 419 g/mol.